The van der Waals surface area contributed by atoms with Crippen LogP contribution in [0.2, 0.25) is 0 Å². The number of carbonyl (C=O) groups excluding carboxylic acids is 1. The molecule has 2 rings (SSSR count). The number of carbonyl (C=O) groups is 1. The van der Waals surface area contributed by atoms with Crippen molar-refractivity contribution in [1.29, 1.82) is 0 Å². The first-order valence-corrected chi connectivity index (χ1v) is 9.81. The molecule has 0 radical (unpaired) electrons. The van der Waals surface area contributed by atoms with E-state index in [1.807, 2.05) is 13.8 Å². The number of hydrogen-bond acceptors (Lipinski definition) is 4. The Kier molecular flexibility index (Phi) is 6.19. The lowest BCUT2D eigenvalue weighted by atomic mass is 10.3. The lowest BCUT2D eigenvalue weighted by Gasteiger charge is -2.31. The number of rotatable bonds is 5. The molecule has 1 aromatic carbocycles. The number of esters is 1. The number of benzene rings is 1. The van der Waals surface area contributed by atoms with Crippen molar-refractivity contribution in [2.75, 3.05) is 32.7 Å². The van der Waals surface area contributed by atoms with E-state index in [0.29, 0.717) is 31.1 Å². The van der Waals surface area contributed by atoms with E-state index in [9.17, 15) is 13.2 Å². The fourth-order valence-electron chi connectivity index (χ4n) is 2.48. The maximum Gasteiger partial charge on any atom is 0.361 e. The number of nitrogens with zero attached hydrogens (tertiary/aromatic N) is 1. The van der Waals surface area contributed by atoms with Gasteiger partial charge in [-0.1, -0.05) is 15.9 Å². The molecule has 8 heteroatoms. The van der Waals surface area contributed by atoms with Crippen LogP contribution in [0, 0.1) is 0 Å². The molecule has 0 spiro atoms. The number of sulfonamides is 1. The second kappa shape index (κ2) is 7.74. The maximum absolute atomic E-state index is 12.6. The molecule has 1 saturated heterocycles. The summed E-state index contributed by atoms with van der Waals surface area (Å²) in [6, 6.07) is 6.63. The molecule has 1 aromatic rings. The highest BCUT2D eigenvalue weighted by molar-refractivity contribution is 9.10. The van der Waals surface area contributed by atoms with E-state index in [4.69, 9.17) is 4.74 Å². The van der Waals surface area contributed by atoms with Crippen LogP contribution in [0.3, 0.4) is 0 Å². The summed E-state index contributed by atoms with van der Waals surface area (Å²) in [6.45, 7) is 5.92. The zero-order chi connectivity index (χ0) is 17.0. The molecule has 0 unspecified atom stereocenters. The molecule has 128 valence electrons. The Hall–Kier alpha value is -0.960. The fraction of sp³-hybridized carbons (Fsp3) is 0.533. The third-order valence-corrected chi connectivity index (χ3v) is 6.08. The molecule has 0 aromatic heterocycles. The minimum Gasteiger partial charge on any atom is -0.459 e. The zero-order valence-electron chi connectivity index (χ0n) is 13.3. The lowest BCUT2D eigenvalue weighted by molar-refractivity contribution is -0.896. The van der Waals surface area contributed by atoms with Gasteiger partial charge in [0.25, 0.3) is 0 Å². The van der Waals surface area contributed by atoms with Crippen LogP contribution in [-0.4, -0.2) is 57.5 Å². The van der Waals surface area contributed by atoms with Crippen LogP contribution in [-0.2, 0) is 19.6 Å². The minimum absolute atomic E-state index is 0.124. The van der Waals surface area contributed by atoms with Gasteiger partial charge in [-0.25, -0.2) is 13.2 Å². The van der Waals surface area contributed by atoms with Crippen LogP contribution in [0.1, 0.15) is 13.8 Å². The van der Waals surface area contributed by atoms with Crippen LogP contribution < -0.4 is 4.90 Å². The summed E-state index contributed by atoms with van der Waals surface area (Å²) in [7, 11) is -3.47. The van der Waals surface area contributed by atoms with Gasteiger partial charge in [0.15, 0.2) is 6.54 Å². The van der Waals surface area contributed by atoms with Crippen molar-refractivity contribution >= 4 is 31.9 Å². The normalized spacial score (nSPS) is 17.4. The van der Waals surface area contributed by atoms with Crippen molar-refractivity contribution in [3.8, 4) is 0 Å². The molecule has 6 nitrogen and oxygen atoms in total. The van der Waals surface area contributed by atoms with Crippen molar-refractivity contribution in [3.05, 3.63) is 28.7 Å². The van der Waals surface area contributed by atoms with Gasteiger partial charge in [-0.2, -0.15) is 4.31 Å². The first kappa shape index (κ1) is 18.4. The molecular formula is C15H22BrN2O4S+. The van der Waals surface area contributed by atoms with Gasteiger partial charge < -0.3 is 9.64 Å². The van der Waals surface area contributed by atoms with Crippen molar-refractivity contribution in [1.82, 2.24) is 4.31 Å². The first-order chi connectivity index (χ1) is 10.8. The molecule has 0 saturated carbocycles. The average molecular weight is 406 g/mol. The largest absolute Gasteiger partial charge is 0.459 e. The molecule has 23 heavy (non-hydrogen) atoms. The number of halogens is 1. The molecular weight excluding hydrogens is 384 g/mol. The Balaban J connectivity index is 1.93. The van der Waals surface area contributed by atoms with Crippen molar-refractivity contribution < 1.29 is 22.8 Å². The summed E-state index contributed by atoms with van der Waals surface area (Å²) in [6.07, 6.45) is -0.124. The Morgan fingerprint density at radius 1 is 1.26 bits per heavy atom. The Morgan fingerprint density at radius 3 is 2.35 bits per heavy atom. The van der Waals surface area contributed by atoms with Gasteiger partial charge in [0.1, 0.15) is 0 Å². The Bertz CT molecular complexity index is 638. The summed E-state index contributed by atoms with van der Waals surface area (Å²) < 4.78 is 32.6. The summed E-state index contributed by atoms with van der Waals surface area (Å²) in [5.74, 6) is -0.237. The molecule has 0 atom stereocenters. The molecule has 1 heterocycles. The molecule has 1 N–H and O–H groups in total. The molecule has 0 aliphatic carbocycles. The smallest absolute Gasteiger partial charge is 0.361 e. The monoisotopic (exact) mass is 405 g/mol. The maximum atomic E-state index is 12.6. The SMILES string of the molecule is CC(C)OC(=O)C[NH+]1CCN(S(=O)(=O)c2ccc(Br)cc2)CC1. The second-order valence-corrected chi connectivity index (χ2v) is 8.68. The molecule has 1 aliphatic heterocycles. The third kappa shape index (κ3) is 5.00. The second-order valence-electron chi connectivity index (χ2n) is 5.82. The Morgan fingerprint density at radius 2 is 1.83 bits per heavy atom. The molecule has 1 fully saturated rings. The number of piperazine rings is 1. The van der Waals surface area contributed by atoms with Gasteiger partial charge in [-0.05, 0) is 38.1 Å². The fourth-order valence-corrected chi connectivity index (χ4v) is 4.19. The highest BCUT2D eigenvalue weighted by Crippen LogP contribution is 2.18. The topological polar surface area (TPSA) is 68.1 Å². The summed E-state index contributed by atoms with van der Waals surface area (Å²) in [5.41, 5.74) is 0. The van der Waals surface area contributed by atoms with Crippen molar-refractivity contribution in [2.24, 2.45) is 0 Å². The van der Waals surface area contributed by atoms with Crippen LogP contribution in [0.4, 0.5) is 0 Å². The van der Waals surface area contributed by atoms with E-state index >= 15 is 0 Å². The van der Waals surface area contributed by atoms with E-state index in [0.717, 1.165) is 9.37 Å². The number of hydrogen-bond donors (Lipinski definition) is 1. The van der Waals surface area contributed by atoms with Gasteiger partial charge in [-0.3, -0.25) is 0 Å². The predicted octanol–water partition coefficient (Wildman–Crippen LogP) is 0.290. The van der Waals surface area contributed by atoms with E-state index in [1.54, 1.807) is 24.3 Å². The summed E-state index contributed by atoms with van der Waals surface area (Å²) >= 11 is 3.30. The number of ether oxygens (including phenoxy) is 1. The van der Waals surface area contributed by atoms with E-state index < -0.39 is 10.0 Å². The van der Waals surface area contributed by atoms with Gasteiger partial charge in [-0.15, -0.1) is 0 Å². The number of nitrogens with one attached hydrogen (secondary N) is 1. The van der Waals surface area contributed by atoms with Crippen LogP contribution in [0.15, 0.2) is 33.6 Å². The van der Waals surface area contributed by atoms with Crippen LogP contribution >= 0.6 is 15.9 Å². The molecule has 0 bridgehead atoms. The lowest BCUT2D eigenvalue weighted by Crippen LogP contribution is -3.15. The van der Waals surface area contributed by atoms with Gasteiger partial charge in [0.05, 0.1) is 37.2 Å². The standard InChI is InChI=1S/C15H21BrN2O4S/c1-12(2)22-15(19)11-17-7-9-18(10-8-17)23(20,21)14-5-3-13(16)4-6-14/h3-6,12H,7-11H2,1-2H3/p+1. The van der Waals surface area contributed by atoms with Crippen LogP contribution in [0.5, 0.6) is 0 Å². The van der Waals surface area contributed by atoms with Gasteiger partial charge in [0, 0.05) is 4.47 Å². The highest BCUT2D eigenvalue weighted by atomic mass is 79.9. The van der Waals surface area contributed by atoms with Crippen molar-refractivity contribution in [2.45, 2.75) is 24.8 Å². The minimum atomic E-state index is -3.47. The molecule has 0 amide bonds. The van der Waals surface area contributed by atoms with E-state index in [-0.39, 0.29) is 18.6 Å². The quantitative estimate of drug-likeness (QED) is 0.714. The zero-order valence-corrected chi connectivity index (χ0v) is 15.7. The number of quaternary nitrogens is 1. The van der Waals surface area contributed by atoms with Gasteiger partial charge >= 0.3 is 5.97 Å². The van der Waals surface area contributed by atoms with Crippen molar-refractivity contribution in [3.63, 3.8) is 0 Å². The highest BCUT2D eigenvalue weighted by Gasteiger charge is 2.31. The van der Waals surface area contributed by atoms with Crippen LogP contribution in [0.25, 0.3) is 0 Å². The summed E-state index contributed by atoms with van der Waals surface area (Å²) in [5, 5.41) is 0. The van der Waals surface area contributed by atoms with E-state index in [2.05, 4.69) is 15.9 Å². The first-order valence-electron chi connectivity index (χ1n) is 7.58. The predicted molar refractivity (Wildman–Crippen MR) is 89.7 cm³/mol. The third-order valence-electron chi connectivity index (χ3n) is 3.64. The summed E-state index contributed by atoms with van der Waals surface area (Å²) in [4.78, 5) is 13.0. The average Bonchev–Trinajstić information content (AvgIpc) is 2.47. The Labute approximate surface area is 145 Å². The molecule has 1 aliphatic rings. The van der Waals surface area contributed by atoms with Gasteiger partial charge in [0.2, 0.25) is 10.0 Å². The van der Waals surface area contributed by atoms with E-state index in [1.165, 1.54) is 4.31 Å².